The molecule has 34 heavy (non-hydrogen) atoms. The Morgan fingerprint density at radius 3 is 2.44 bits per heavy atom. The lowest BCUT2D eigenvalue weighted by Crippen LogP contribution is -2.58. The van der Waals surface area contributed by atoms with Crippen LogP contribution in [0.2, 0.25) is 0 Å². The number of para-hydroxylation sites is 1. The van der Waals surface area contributed by atoms with Crippen LogP contribution in [0.3, 0.4) is 0 Å². The maximum atomic E-state index is 13.8. The van der Waals surface area contributed by atoms with Crippen LogP contribution in [0.15, 0.2) is 30.3 Å². The molecule has 3 heterocycles. The zero-order chi connectivity index (χ0) is 24.9. The second-order valence-corrected chi connectivity index (χ2v) is 13.4. The summed E-state index contributed by atoms with van der Waals surface area (Å²) in [6.45, 7) is 10.3. The Morgan fingerprint density at radius 2 is 1.82 bits per heavy atom. The predicted octanol–water partition coefficient (Wildman–Crippen LogP) is 3.04. The van der Waals surface area contributed by atoms with Crippen molar-refractivity contribution in [2.75, 3.05) is 18.5 Å². The summed E-state index contributed by atoms with van der Waals surface area (Å²) in [7, 11) is 0. The topological polar surface area (TPSA) is 98.7 Å². The number of carbonyl (C=O) groups is 3. The number of β-amino-alcohol motifs (C(OH)–C–C–N with tert-alkyl or cyclic N) is 1. The number of nitrogens with zero attached hydrogens (tertiary/aromatic N) is 1. The third-order valence-corrected chi connectivity index (χ3v) is 9.12. The Balaban J connectivity index is 1.62. The first kappa shape index (κ1) is 25.0. The van der Waals surface area contributed by atoms with E-state index in [1.807, 2.05) is 44.2 Å². The number of aliphatic hydroxyl groups is 1. The van der Waals surface area contributed by atoms with E-state index in [2.05, 4.69) is 31.4 Å². The zero-order valence-corrected chi connectivity index (χ0v) is 21.6. The van der Waals surface area contributed by atoms with E-state index in [4.69, 9.17) is 0 Å². The lowest BCUT2D eigenvalue weighted by atomic mass is 9.70. The van der Waals surface area contributed by atoms with Gasteiger partial charge in [0.1, 0.15) is 6.04 Å². The molecule has 3 amide bonds. The second kappa shape index (κ2) is 8.86. The van der Waals surface area contributed by atoms with Crippen LogP contribution in [0.25, 0.3) is 0 Å². The number of rotatable bonds is 7. The van der Waals surface area contributed by atoms with E-state index in [1.165, 1.54) is 4.90 Å². The fourth-order valence-corrected chi connectivity index (χ4v) is 8.84. The first-order valence-electron chi connectivity index (χ1n) is 12.2. The molecule has 186 valence electrons. The van der Waals surface area contributed by atoms with Gasteiger partial charge < -0.3 is 20.6 Å². The number of likely N-dealkylation sites (tertiary alicyclic amines) is 1. The molecular weight excluding hydrogens is 450 g/mol. The van der Waals surface area contributed by atoms with Gasteiger partial charge in [-0.2, -0.15) is 0 Å². The molecule has 0 radical (unpaired) electrons. The summed E-state index contributed by atoms with van der Waals surface area (Å²) in [5.74, 6) is -1.59. The van der Waals surface area contributed by atoms with Crippen molar-refractivity contribution < 1.29 is 19.5 Å². The van der Waals surface area contributed by atoms with Crippen LogP contribution in [0.1, 0.15) is 53.9 Å². The van der Waals surface area contributed by atoms with Crippen LogP contribution >= 0.6 is 11.8 Å². The molecule has 3 aliphatic heterocycles. The highest BCUT2D eigenvalue weighted by Gasteiger charge is 2.73. The Kier molecular flexibility index (Phi) is 6.53. The third kappa shape index (κ3) is 4.47. The van der Waals surface area contributed by atoms with Gasteiger partial charge in [0.15, 0.2) is 0 Å². The van der Waals surface area contributed by atoms with Crippen LogP contribution in [-0.2, 0) is 14.4 Å². The number of thioether (sulfide) groups is 1. The number of amides is 3. The highest BCUT2D eigenvalue weighted by Crippen LogP contribution is 2.66. The summed E-state index contributed by atoms with van der Waals surface area (Å²) in [6.07, 6.45) is 2.29. The normalized spacial score (nSPS) is 30.4. The Hall–Kier alpha value is -2.06. The maximum absolute atomic E-state index is 13.8. The van der Waals surface area contributed by atoms with Crippen molar-refractivity contribution in [3.8, 4) is 0 Å². The summed E-state index contributed by atoms with van der Waals surface area (Å²) in [5, 5.41) is 15.9. The molecule has 3 aliphatic rings. The highest BCUT2D eigenvalue weighted by atomic mass is 32.2. The number of carbonyl (C=O) groups excluding carboxylic acids is 3. The van der Waals surface area contributed by atoms with Gasteiger partial charge in [0.25, 0.3) is 0 Å². The van der Waals surface area contributed by atoms with Gasteiger partial charge in [-0.05, 0) is 50.7 Å². The summed E-state index contributed by atoms with van der Waals surface area (Å²) in [6, 6.07) is 8.56. The SMILES string of the molecule is CC(C)(C)CC(C)(C)NC(=O)C1N(CCO)C(=O)[C@@H]2[C@@H](C(=O)Nc3ccccc3)[C@H]3CCC12S3. The summed E-state index contributed by atoms with van der Waals surface area (Å²) in [4.78, 5) is 42.4. The number of nitrogens with one attached hydrogen (secondary N) is 2. The van der Waals surface area contributed by atoms with Crippen molar-refractivity contribution in [3.63, 3.8) is 0 Å². The number of aliphatic hydroxyl groups excluding tert-OH is 1. The van der Waals surface area contributed by atoms with Crippen molar-refractivity contribution in [2.24, 2.45) is 17.3 Å². The fourth-order valence-electron chi connectivity index (χ4n) is 6.62. The molecule has 8 heteroatoms. The minimum Gasteiger partial charge on any atom is -0.395 e. The van der Waals surface area contributed by atoms with Gasteiger partial charge in [-0.15, -0.1) is 11.8 Å². The van der Waals surface area contributed by atoms with Crippen molar-refractivity contribution in [1.82, 2.24) is 10.2 Å². The number of benzene rings is 1. The number of hydrogen-bond donors (Lipinski definition) is 3. The standard InChI is InChI=1S/C26H37N3O4S/c1-24(2,3)15-25(4,5)28-22(32)20-26-12-11-17(34-26)18(19(26)23(33)29(20)13-14-30)21(31)27-16-9-7-6-8-10-16/h6-10,17-20,30H,11-15H2,1-5H3,(H,27,31)(H,28,32)/t17-,18+,19+,20?,26?/m1/s1. The number of fused-ring (bicyclic) bond motifs is 1. The monoisotopic (exact) mass is 487 g/mol. The smallest absolute Gasteiger partial charge is 0.244 e. The minimum absolute atomic E-state index is 0.00632. The molecule has 4 rings (SSSR count). The van der Waals surface area contributed by atoms with Gasteiger partial charge in [-0.25, -0.2) is 0 Å². The summed E-state index contributed by atoms with van der Waals surface area (Å²) in [5.41, 5.74) is 0.267. The fraction of sp³-hybridized carbons (Fsp3) is 0.654. The zero-order valence-electron chi connectivity index (χ0n) is 20.8. The van der Waals surface area contributed by atoms with Crippen LogP contribution in [-0.4, -0.2) is 62.5 Å². The molecule has 3 fully saturated rings. The lowest BCUT2D eigenvalue weighted by Gasteiger charge is -2.38. The first-order valence-corrected chi connectivity index (χ1v) is 13.0. The molecule has 5 atom stereocenters. The second-order valence-electron chi connectivity index (χ2n) is 11.8. The van der Waals surface area contributed by atoms with Gasteiger partial charge >= 0.3 is 0 Å². The molecule has 1 spiro atoms. The average molecular weight is 488 g/mol. The quantitative estimate of drug-likeness (QED) is 0.549. The van der Waals surface area contributed by atoms with Gasteiger partial charge in [0, 0.05) is 23.0 Å². The minimum atomic E-state index is -0.694. The van der Waals surface area contributed by atoms with Crippen LogP contribution in [0.4, 0.5) is 5.69 Å². The Bertz CT molecular complexity index is 961. The average Bonchev–Trinajstić information content (AvgIpc) is 3.34. The van der Waals surface area contributed by atoms with Gasteiger partial charge in [0.2, 0.25) is 17.7 Å². The van der Waals surface area contributed by atoms with Gasteiger partial charge in [0.05, 0.1) is 23.2 Å². The molecule has 0 aromatic heterocycles. The first-order chi connectivity index (χ1) is 15.9. The molecule has 7 nitrogen and oxygen atoms in total. The molecule has 2 unspecified atom stereocenters. The van der Waals surface area contributed by atoms with E-state index in [9.17, 15) is 19.5 Å². The van der Waals surface area contributed by atoms with Crippen LogP contribution < -0.4 is 10.6 Å². The molecule has 3 saturated heterocycles. The highest BCUT2D eigenvalue weighted by molar-refractivity contribution is 8.02. The third-order valence-electron chi connectivity index (χ3n) is 7.17. The maximum Gasteiger partial charge on any atom is 0.244 e. The van der Waals surface area contributed by atoms with E-state index in [1.54, 1.807) is 11.8 Å². The van der Waals surface area contributed by atoms with Gasteiger partial charge in [-0.1, -0.05) is 39.0 Å². The van der Waals surface area contributed by atoms with E-state index in [-0.39, 0.29) is 41.5 Å². The molecule has 1 aromatic carbocycles. The largest absolute Gasteiger partial charge is 0.395 e. The van der Waals surface area contributed by atoms with Crippen LogP contribution in [0.5, 0.6) is 0 Å². The van der Waals surface area contributed by atoms with Gasteiger partial charge in [-0.3, -0.25) is 14.4 Å². The van der Waals surface area contributed by atoms with E-state index < -0.39 is 28.2 Å². The molecule has 1 aromatic rings. The molecule has 0 saturated carbocycles. The van der Waals surface area contributed by atoms with E-state index in [0.29, 0.717) is 12.1 Å². The number of anilines is 1. The van der Waals surface area contributed by atoms with Crippen molar-refractivity contribution in [1.29, 1.82) is 0 Å². The Labute approximate surface area is 206 Å². The predicted molar refractivity (Wildman–Crippen MR) is 134 cm³/mol. The molecule has 2 bridgehead atoms. The van der Waals surface area contributed by atoms with Crippen molar-refractivity contribution >= 4 is 35.2 Å². The molecule has 0 aliphatic carbocycles. The van der Waals surface area contributed by atoms with Crippen LogP contribution in [0, 0.1) is 17.3 Å². The molecule has 3 N–H and O–H groups in total. The summed E-state index contributed by atoms with van der Waals surface area (Å²) >= 11 is 1.64. The summed E-state index contributed by atoms with van der Waals surface area (Å²) < 4.78 is -0.641. The van der Waals surface area contributed by atoms with E-state index >= 15 is 0 Å². The number of hydrogen-bond acceptors (Lipinski definition) is 5. The van der Waals surface area contributed by atoms with Crippen molar-refractivity contribution in [3.05, 3.63) is 30.3 Å². The molecular formula is C26H37N3O4S. The van der Waals surface area contributed by atoms with Crippen molar-refractivity contribution in [2.45, 2.75) is 75.5 Å². The lowest BCUT2D eigenvalue weighted by molar-refractivity contribution is -0.139. The Morgan fingerprint density at radius 1 is 1.15 bits per heavy atom. The van der Waals surface area contributed by atoms with E-state index in [0.717, 1.165) is 12.8 Å².